The van der Waals surface area contributed by atoms with E-state index in [0.717, 1.165) is 5.56 Å². The van der Waals surface area contributed by atoms with Crippen molar-refractivity contribution in [2.75, 3.05) is 5.32 Å². The van der Waals surface area contributed by atoms with Crippen LogP contribution in [0.4, 0.5) is 28.9 Å². The fraction of sp³-hybridized carbons (Fsp3) is 0.0370. The van der Waals surface area contributed by atoms with Crippen molar-refractivity contribution in [2.24, 2.45) is 0 Å². The van der Waals surface area contributed by atoms with E-state index in [4.69, 9.17) is 0 Å². The van der Waals surface area contributed by atoms with E-state index in [0.29, 0.717) is 17.0 Å². The summed E-state index contributed by atoms with van der Waals surface area (Å²) in [5.74, 6) is -7.07. The summed E-state index contributed by atoms with van der Waals surface area (Å²) in [6, 6.07) is 15.1. The third-order valence-corrected chi connectivity index (χ3v) is 7.31. The number of aromatic amines is 1. The monoisotopic (exact) mass is 506 g/mol. The van der Waals surface area contributed by atoms with E-state index in [2.05, 4.69) is 10.3 Å². The van der Waals surface area contributed by atoms with Crippen molar-refractivity contribution in [1.29, 1.82) is 0 Å². The van der Waals surface area contributed by atoms with Crippen LogP contribution in [0.1, 0.15) is 5.56 Å². The van der Waals surface area contributed by atoms with Crippen molar-refractivity contribution in [1.82, 2.24) is 4.98 Å². The van der Waals surface area contributed by atoms with Gasteiger partial charge in [0, 0.05) is 16.5 Å². The molecule has 0 unspecified atom stereocenters. The van der Waals surface area contributed by atoms with Gasteiger partial charge in [-0.2, -0.15) is 0 Å². The molecule has 0 aliphatic carbocycles. The van der Waals surface area contributed by atoms with Crippen LogP contribution in [0.5, 0.6) is 0 Å². The Labute approximate surface area is 203 Å². The Morgan fingerprint density at radius 3 is 2.03 bits per heavy atom. The zero-order chi connectivity index (χ0) is 25.3. The van der Waals surface area contributed by atoms with Crippen molar-refractivity contribution in [3.63, 3.8) is 0 Å². The van der Waals surface area contributed by atoms with Crippen LogP contribution in [-0.2, 0) is 0 Å². The van der Waals surface area contributed by atoms with Gasteiger partial charge < -0.3 is 10.3 Å². The van der Waals surface area contributed by atoms with Gasteiger partial charge in [0.2, 0.25) is 0 Å². The third-order valence-electron chi connectivity index (χ3n) is 6.18. The van der Waals surface area contributed by atoms with Gasteiger partial charge in [-0.05, 0) is 25.1 Å². The number of aryl methyl sites for hydroxylation is 1. The Balaban J connectivity index is 1.83. The molecule has 9 heteroatoms. The van der Waals surface area contributed by atoms with Crippen LogP contribution >= 0.6 is 11.3 Å². The first kappa shape index (κ1) is 22.2. The summed E-state index contributed by atoms with van der Waals surface area (Å²) in [5.41, 5.74) is 0.342. The highest BCUT2D eigenvalue weighted by Gasteiger charge is 2.24. The third kappa shape index (κ3) is 3.12. The summed E-state index contributed by atoms with van der Waals surface area (Å²) >= 11 is 0.643. The molecule has 0 fully saturated rings. The molecule has 0 aliphatic heterocycles. The van der Waals surface area contributed by atoms with Gasteiger partial charge in [0.1, 0.15) is 0 Å². The topological polar surface area (TPSA) is 62.0 Å². The molecule has 0 saturated carbocycles. The highest BCUT2D eigenvalue weighted by atomic mass is 32.1. The summed E-state index contributed by atoms with van der Waals surface area (Å²) in [5, 5.41) is 3.48. The van der Waals surface area contributed by atoms with Crippen molar-refractivity contribution < 1.29 is 17.6 Å². The molecule has 2 N–H and O–H groups in total. The van der Waals surface area contributed by atoms with Gasteiger partial charge in [0.15, 0.2) is 34.1 Å². The number of fused-ring (bicyclic) bond motifs is 5. The quantitative estimate of drug-likeness (QED) is 0.0873. The lowest BCUT2D eigenvalue weighted by atomic mass is 9.99. The summed E-state index contributed by atoms with van der Waals surface area (Å²) in [4.78, 5) is 29.8. The van der Waals surface area contributed by atoms with E-state index in [-0.39, 0.29) is 37.4 Å². The standard InChI is InChI=1S/C27H14F4N2O2S/c1-11-6-8-12(9-7-11)32-15-10-16-23(33-24-21(30)19(28)20(29)22(31)27(24)36-16)18-17(15)25(34)13-4-2-3-5-14(13)26(18)35/h2-10,32-33H,1H3. The number of rotatable bonds is 2. The van der Waals surface area contributed by atoms with Crippen molar-refractivity contribution in [3.05, 3.63) is 104 Å². The highest BCUT2D eigenvalue weighted by molar-refractivity contribution is 7.24. The Morgan fingerprint density at radius 2 is 1.36 bits per heavy atom. The molecule has 6 rings (SSSR count). The zero-order valence-corrected chi connectivity index (χ0v) is 19.2. The number of H-pyrrole nitrogens is 1. The predicted octanol–water partition coefficient (Wildman–Crippen LogP) is 7.02. The van der Waals surface area contributed by atoms with Gasteiger partial charge in [-0.15, -0.1) is 11.3 Å². The van der Waals surface area contributed by atoms with E-state index < -0.39 is 44.3 Å². The van der Waals surface area contributed by atoms with E-state index in [1.165, 1.54) is 18.2 Å². The molecular formula is C27H14F4N2O2S. The Bertz CT molecular complexity index is 2020. The minimum absolute atomic E-state index is 0.0223. The molecule has 0 atom stereocenters. The van der Waals surface area contributed by atoms with Crippen LogP contribution in [-0.4, -0.2) is 4.98 Å². The second-order valence-electron chi connectivity index (χ2n) is 8.43. The summed E-state index contributed by atoms with van der Waals surface area (Å²) in [6.07, 6.45) is 0. The number of halogens is 4. The van der Waals surface area contributed by atoms with Crippen LogP contribution in [0.3, 0.4) is 0 Å². The molecule has 0 saturated heterocycles. The molecule has 5 aromatic carbocycles. The van der Waals surface area contributed by atoms with Gasteiger partial charge in [0.05, 0.1) is 36.9 Å². The minimum atomic E-state index is -1.97. The average Bonchev–Trinajstić information content (AvgIpc) is 2.89. The first-order chi connectivity index (χ1) is 17.3. The maximum Gasteiger partial charge on any atom is 0.199 e. The molecule has 36 heavy (non-hydrogen) atoms. The lowest BCUT2D eigenvalue weighted by molar-refractivity contribution is 0.418. The molecule has 0 amide bonds. The van der Waals surface area contributed by atoms with E-state index in [9.17, 15) is 27.2 Å². The molecule has 1 aromatic heterocycles. The van der Waals surface area contributed by atoms with Crippen LogP contribution in [0, 0.1) is 30.2 Å². The van der Waals surface area contributed by atoms with Crippen molar-refractivity contribution in [2.45, 2.75) is 6.92 Å². The minimum Gasteiger partial charge on any atom is -0.355 e. The Kier molecular flexibility index (Phi) is 4.87. The first-order valence-electron chi connectivity index (χ1n) is 10.8. The molecular weight excluding hydrogens is 492 g/mol. The summed E-state index contributed by atoms with van der Waals surface area (Å²) in [6.45, 7) is 1.92. The maximum atomic E-state index is 14.6. The lowest BCUT2D eigenvalue weighted by Gasteiger charge is -2.14. The van der Waals surface area contributed by atoms with Crippen LogP contribution in [0.2, 0.25) is 0 Å². The smallest absolute Gasteiger partial charge is 0.199 e. The number of benzene rings is 5. The van der Waals surface area contributed by atoms with E-state index >= 15 is 0 Å². The van der Waals surface area contributed by atoms with Crippen LogP contribution < -0.4 is 16.2 Å². The van der Waals surface area contributed by atoms with Gasteiger partial charge in [-0.3, -0.25) is 9.59 Å². The van der Waals surface area contributed by atoms with Gasteiger partial charge >= 0.3 is 0 Å². The number of nitrogens with one attached hydrogen (secondary N) is 2. The number of hydrogen-bond acceptors (Lipinski definition) is 4. The molecule has 178 valence electrons. The van der Waals surface area contributed by atoms with Gasteiger partial charge in [0.25, 0.3) is 0 Å². The zero-order valence-electron chi connectivity index (χ0n) is 18.4. The lowest BCUT2D eigenvalue weighted by Crippen LogP contribution is -2.15. The summed E-state index contributed by atoms with van der Waals surface area (Å²) in [7, 11) is 0. The van der Waals surface area contributed by atoms with Gasteiger partial charge in [-0.25, -0.2) is 17.6 Å². The second kappa shape index (κ2) is 7.89. The normalized spacial score (nSPS) is 11.7. The number of hydrogen-bond donors (Lipinski definition) is 2. The Hall–Kier alpha value is -4.24. The van der Waals surface area contributed by atoms with Crippen molar-refractivity contribution in [3.8, 4) is 0 Å². The molecule has 0 aliphatic rings. The SMILES string of the molecule is Cc1ccc(Nc2cc3sc4c(F)c(F)c(F)c(F)c4[nH]c3c3c(=O)c4ccccc4c(=O)c23)cc1. The van der Waals surface area contributed by atoms with Crippen molar-refractivity contribution >= 4 is 64.7 Å². The Morgan fingerprint density at radius 1 is 0.750 bits per heavy atom. The fourth-order valence-corrected chi connectivity index (χ4v) is 5.49. The molecule has 4 nitrogen and oxygen atoms in total. The maximum absolute atomic E-state index is 14.6. The van der Waals surface area contributed by atoms with E-state index in [1.54, 1.807) is 24.3 Å². The molecule has 6 aromatic rings. The average molecular weight is 506 g/mol. The van der Waals surface area contributed by atoms with Crippen LogP contribution in [0.15, 0.2) is 64.2 Å². The molecule has 0 spiro atoms. The molecule has 1 heterocycles. The molecule has 0 bridgehead atoms. The van der Waals surface area contributed by atoms with E-state index in [1.807, 2.05) is 19.1 Å². The van der Waals surface area contributed by atoms with Gasteiger partial charge in [-0.1, -0.05) is 42.0 Å². The largest absolute Gasteiger partial charge is 0.355 e. The fourth-order valence-electron chi connectivity index (χ4n) is 4.42. The predicted molar refractivity (Wildman–Crippen MR) is 136 cm³/mol. The summed E-state index contributed by atoms with van der Waals surface area (Å²) < 4.78 is 56.9. The highest BCUT2D eigenvalue weighted by Crippen LogP contribution is 2.37. The number of anilines is 2. The second-order valence-corrected chi connectivity index (χ2v) is 9.48. The number of aromatic nitrogens is 1. The first-order valence-corrected chi connectivity index (χ1v) is 11.6. The van der Waals surface area contributed by atoms with Crippen LogP contribution in [0.25, 0.3) is 42.0 Å². The molecule has 0 radical (unpaired) electrons.